The van der Waals surface area contributed by atoms with Gasteiger partial charge in [0.15, 0.2) is 0 Å². The minimum absolute atomic E-state index is 0.0624. The highest BCUT2D eigenvalue weighted by atomic mass is 16.7. The van der Waals surface area contributed by atoms with E-state index < -0.39 is 5.97 Å². The standard InChI is InChI=1S/C7H13NO4/c1-6(7(9)10)5-8-12-4-3-11-2/h8H,1,3-5H2,2H3,(H,9,10). The predicted molar refractivity (Wildman–Crippen MR) is 42.6 cm³/mol. The number of nitrogens with one attached hydrogen (secondary N) is 1. The molecule has 0 aliphatic carbocycles. The second-order valence-corrected chi connectivity index (χ2v) is 2.07. The van der Waals surface area contributed by atoms with Crippen molar-refractivity contribution in [3.63, 3.8) is 0 Å². The molecule has 0 amide bonds. The van der Waals surface area contributed by atoms with Gasteiger partial charge in [0, 0.05) is 12.7 Å². The van der Waals surface area contributed by atoms with Crippen LogP contribution < -0.4 is 5.48 Å². The molecule has 0 aliphatic rings. The molecule has 12 heavy (non-hydrogen) atoms. The maximum Gasteiger partial charge on any atom is 0.332 e. The van der Waals surface area contributed by atoms with Gasteiger partial charge in [0.1, 0.15) is 0 Å². The van der Waals surface area contributed by atoms with Gasteiger partial charge in [-0.05, 0) is 0 Å². The highest BCUT2D eigenvalue weighted by molar-refractivity contribution is 5.86. The van der Waals surface area contributed by atoms with E-state index in [4.69, 9.17) is 14.7 Å². The van der Waals surface area contributed by atoms with E-state index in [9.17, 15) is 4.79 Å². The van der Waals surface area contributed by atoms with Crippen molar-refractivity contribution in [2.24, 2.45) is 0 Å². The SMILES string of the molecule is C=C(CNOCCOC)C(=O)O. The molecule has 0 fully saturated rings. The maximum absolute atomic E-state index is 10.2. The second kappa shape index (κ2) is 6.78. The first-order chi connectivity index (χ1) is 5.68. The van der Waals surface area contributed by atoms with E-state index in [1.807, 2.05) is 0 Å². The molecule has 2 N–H and O–H groups in total. The number of hydrogen-bond donors (Lipinski definition) is 2. The number of carboxylic acid groups (broad SMARTS) is 1. The summed E-state index contributed by atoms with van der Waals surface area (Å²) in [5.41, 5.74) is 2.50. The predicted octanol–water partition coefficient (Wildman–Crippen LogP) is -0.205. The fourth-order valence-corrected chi connectivity index (χ4v) is 0.411. The normalized spacial score (nSPS) is 9.75. The van der Waals surface area contributed by atoms with Gasteiger partial charge in [0.05, 0.1) is 19.8 Å². The van der Waals surface area contributed by atoms with Gasteiger partial charge in [-0.1, -0.05) is 6.58 Å². The Balaban J connectivity index is 3.20. The zero-order valence-electron chi connectivity index (χ0n) is 7.00. The topological polar surface area (TPSA) is 67.8 Å². The van der Waals surface area contributed by atoms with Crippen LogP contribution in [0.15, 0.2) is 12.2 Å². The molecule has 0 rings (SSSR count). The van der Waals surface area contributed by atoms with Crippen LogP contribution in [0, 0.1) is 0 Å². The summed E-state index contributed by atoms with van der Waals surface area (Å²) in [6, 6.07) is 0. The van der Waals surface area contributed by atoms with Gasteiger partial charge < -0.3 is 9.84 Å². The van der Waals surface area contributed by atoms with Crippen molar-refractivity contribution in [3.05, 3.63) is 12.2 Å². The lowest BCUT2D eigenvalue weighted by atomic mass is 10.3. The number of carbonyl (C=O) groups is 1. The Morgan fingerprint density at radius 3 is 2.75 bits per heavy atom. The lowest BCUT2D eigenvalue weighted by Crippen LogP contribution is -2.22. The number of rotatable bonds is 7. The molecule has 0 saturated carbocycles. The molecule has 5 heteroatoms. The number of hydroxylamine groups is 1. The molecule has 5 nitrogen and oxygen atoms in total. The Morgan fingerprint density at radius 1 is 1.58 bits per heavy atom. The van der Waals surface area contributed by atoms with Crippen LogP contribution in [0.3, 0.4) is 0 Å². The third-order valence-corrected chi connectivity index (χ3v) is 1.08. The van der Waals surface area contributed by atoms with E-state index in [0.29, 0.717) is 13.2 Å². The van der Waals surface area contributed by atoms with Gasteiger partial charge in [-0.2, -0.15) is 5.48 Å². The average Bonchev–Trinajstić information content (AvgIpc) is 2.03. The summed E-state index contributed by atoms with van der Waals surface area (Å²) < 4.78 is 4.69. The number of hydrogen-bond acceptors (Lipinski definition) is 4. The number of aliphatic carboxylic acids is 1. The van der Waals surface area contributed by atoms with Gasteiger partial charge in [-0.15, -0.1) is 0 Å². The summed E-state index contributed by atoms with van der Waals surface area (Å²) in [4.78, 5) is 15.0. The van der Waals surface area contributed by atoms with E-state index in [2.05, 4.69) is 12.1 Å². The third-order valence-electron chi connectivity index (χ3n) is 1.08. The fraction of sp³-hybridized carbons (Fsp3) is 0.571. The van der Waals surface area contributed by atoms with Gasteiger partial charge in [-0.25, -0.2) is 4.79 Å². The van der Waals surface area contributed by atoms with Crippen LogP contribution in [0.1, 0.15) is 0 Å². The van der Waals surface area contributed by atoms with Crippen molar-refractivity contribution in [1.82, 2.24) is 5.48 Å². The van der Waals surface area contributed by atoms with Crippen LogP contribution in [0.4, 0.5) is 0 Å². The molecule has 0 aliphatic heterocycles. The van der Waals surface area contributed by atoms with Gasteiger partial charge in [0.2, 0.25) is 0 Å². The molecule has 0 heterocycles. The average molecular weight is 175 g/mol. The summed E-state index contributed by atoms with van der Waals surface area (Å²) in [5.74, 6) is -1.03. The maximum atomic E-state index is 10.2. The van der Waals surface area contributed by atoms with E-state index in [0.717, 1.165) is 0 Å². The van der Waals surface area contributed by atoms with Crippen LogP contribution in [0.5, 0.6) is 0 Å². The second-order valence-electron chi connectivity index (χ2n) is 2.07. The summed E-state index contributed by atoms with van der Waals surface area (Å²) in [7, 11) is 1.56. The Hall–Kier alpha value is -0.910. The van der Waals surface area contributed by atoms with Gasteiger partial charge in [0.25, 0.3) is 0 Å². The zero-order valence-corrected chi connectivity index (χ0v) is 7.00. The quantitative estimate of drug-likeness (QED) is 0.318. The molecule has 0 radical (unpaired) electrons. The largest absolute Gasteiger partial charge is 0.478 e. The molecule has 0 bridgehead atoms. The van der Waals surface area contributed by atoms with E-state index in [1.54, 1.807) is 7.11 Å². The van der Waals surface area contributed by atoms with Crippen molar-refractivity contribution in [1.29, 1.82) is 0 Å². The molecular formula is C7H13NO4. The van der Waals surface area contributed by atoms with Gasteiger partial charge in [-0.3, -0.25) is 4.84 Å². The first-order valence-corrected chi connectivity index (χ1v) is 3.43. The molecule has 0 atom stereocenters. The van der Waals surface area contributed by atoms with Crippen molar-refractivity contribution in [3.8, 4) is 0 Å². The van der Waals surface area contributed by atoms with Crippen molar-refractivity contribution < 1.29 is 19.5 Å². The van der Waals surface area contributed by atoms with E-state index in [1.165, 1.54) is 0 Å². The van der Waals surface area contributed by atoms with E-state index >= 15 is 0 Å². The van der Waals surface area contributed by atoms with Crippen LogP contribution in [0.2, 0.25) is 0 Å². The highest BCUT2D eigenvalue weighted by Gasteiger charge is 2.01. The first kappa shape index (κ1) is 11.1. The molecule has 0 spiro atoms. The Bertz CT molecular complexity index is 157. The third kappa shape index (κ3) is 5.84. The zero-order chi connectivity index (χ0) is 9.40. The minimum Gasteiger partial charge on any atom is -0.478 e. The molecule has 0 unspecified atom stereocenters. The Kier molecular flexibility index (Phi) is 6.26. The molecular weight excluding hydrogens is 162 g/mol. The lowest BCUT2D eigenvalue weighted by Gasteiger charge is -2.04. The summed E-state index contributed by atoms with van der Waals surface area (Å²) in [6.07, 6.45) is 0. The number of carboxylic acids is 1. The fourth-order valence-electron chi connectivity index (χ4n) is 0.411. The van der Waals surface area contributed by atoms with Crippen molar-refractivity contribution in [2.45, 2.75) is 0 Å². The van der Waals surface area contributed by atoms with Crippen LogP contribution in [-0.4, -0.2) is 37.9 Å². The highest BCUT2D eigenvalue weighted by Crippen LogP contribution is 1.85. The van der Waals surface area contributed by atoms with E-state index in [-0.39, 0.29) is 12.1 Å². The van der Waals surface area contributed by atoms with Crippen LogP contribution in [-0.2, 0) is 14.4 Å². The van der Waals surface area contributed by atoms with Crippen molar-refractivity contribution in [2.75, 3.05) is 26.9 Å². The summed E-state index contributed by atoms with van der Waals surface area (Å²) >= 11 is 0. The lowest BCUT2D eigenvalue weighted by molar-refractivity contribution is -0.133. The molecule has 0 aromatic rings. The summed E-state index contributed by atoms with van der Waals surface area (Å²) in [6.45, 7) is 4.25. The number of ether oxygens (including phenoxy) is 1. The van der Waals surface area contributed by atoms with Gasteiger partial charge >= 0.3 is 5.97 Å². The van der Waals surface area contributed by atoms with Crippen LogP contribution >= 0.6 is 0 Å². The molecule has 70 valence electrons. The molecule has 0 saturated heterocycles. The van der Waals surface area contributed by atoms with Crippen LogP contribution in [0.25, 0.3) is 0 Å². The smallest absolute Gasteiger partial charge is 0.332 e. The molecule has 0 aromatic heterocycles. The van der Waals surface area contributed by atoms with Crippen molar-refractivity contribution >= 4 is 5.97 Å². The minimum atomic E-state index is -1.03. The number of methoxy groups -OCH3 is 1. The molecule has 0 aromatic carbocycles. The Labute approximate surface area is 70.9 Å². The first-order valence-electron chi connectivity index (χ1n) is 3.43. The monoisotopic (exact) mass is 175 g/mol. The summed E-state index contributed by atoms with van der Waals surface area (Å²) in [5, 5.41) is 8.36. The Morgan fingerprint density at radius 2 is 2.25 bits per heavy atom.